The van der Waals surface area contributed by atoms with Gasteiger partial charge in [0.05, 0.1) is 16.3 Å². The molecule has 0 aliphatic carbocycles. The van der Waals surface area contributed by atoms with E-state index in [1.54, 1.807) is 24.3 Å². The van der Waals surface area contributed by atoms with E-state index in [9.17, 15) is 9.59 Å². The Morgan fingerprint density at radius 1 is 1.08 bits per heavy atom. The number of hydrogen-bond donors (Lipinski definition) is 1. The van der Waals surface area contributed by atoms with Gasteiger partial charge in [0.2, 0.25) is 0 Å². The molecule has 1 amide bonds. The van der Waals surface area contributed by atoms with Gasteiger partial charge < -0.3 is 19.5 Å². The zero-order valence-electron chi connectivity index (χ0n) is 13.8. The smallest absolute Gasteiger partial charge is 0.339 e. The van der Waals surface area contributed by atoms with Gasteiger partial charge in [-0.15, -0.1) is 0 Å². The minimum absolute atomic E-state index is 0.262. The second kappa shape index (κ2) is 7.85. The zero-order chi connectivity index (χ0) is 18.7. The number of benzene rings is 2. The summed E-state index contributed by atoms with van der Waals surface area (Å²) < 4.78 is 16.0. The molecule has 2 aromatic rings. The van der Waals surface area contributed by atoms with Crippen LogP contribution in [0, 0.1) is 0 Å². The summed E-state index contributed by atoms with van der Waals surface area (Å²) in [6, 6.07) is 9.37. The molecule has 26 heavy (non-hydrogen) atoms. The van der Waals surface area contributed by atoms with Gasteiger partial charge in [-0.2, -0.15) is 0 Å². The molecule has 1 heterocycles. The van der Waals surface area contributed by atoms with E-state index in [0.717, 1.165) is 0 Å². The van der Waals surface area contributed by atoms with Crippen LogP contribution in [-0.4, -0.2) is 31.2 Å². The highest BCUT2D eigenvalue weighted by Crippen LogP contribution is 2.31. The van der Waals surface area contributed by atoms with Crippen molar-refractivity contribution in [1.82, 2.24) is 0 Å². The Kier molecular flexibility index (Phi) is 5.54. The van der Waals surface area contributed by atoms with Gasteiger partial charge in [0.15, 0.2) is 17.6 Å². The van der Waals surface area contributed by atoms with Crippen LogP contribution >= 0.6 is 23.2 Å². The van der Waals surface area contributed by atoms with Gasteiger partial charge in [0.1, 0.15) is 13.2 Å². The van der Waals surface area contributed by atoms with Gasteiger partial charge in [-0.3, -0.25) is 4.79 Å². The lowest BCUT2D eigenvalue weighted by Crippen LogP contribution is -2.30. The predicted octanol–water partition coefficient (Wildman–Crippen LogP) is 3.95. The fraction of sp³-hybridized carbons (Fsp3) is 0.222. The number of hydrogen-bond acceptors (Lipinski definition) is 5. The number of carbonyl (C=O) groups excluding carboxylic acids is 2. The number of esters is 1. The number of rotatable bonds is 4. The van der Waals surface area contributed by atoms with E-state index in [2.05, 4.69) is 5.32 Å². The van der Waals surface area contributed by atoms with Gasteiger partial charge >= 0.3 is 5.97 Å². The average Bonchev–Trinajstić information content (AvgIpc) is 2.63. The van der Waals surface area contributed by atoms with E-state index < -0.39 is 18.0 Å². The summed E-state index contributed by atoms with van der Waals surface area (Å²) in [6.45, 7) is 2.34. The van der Waals surface area contributed by atoms with Crippen molar-refractivity contribution >= 4 is 40.8 Å². The fourth-order valence-corrected chi connectivity index (χ4v) is 2.73. The lowest BCUT2D eigenvalue weighted by Gasteiger charge is -2.19. The number of nitrogens with one attached hydrogen (secondary N) is 1. The third kappa shape index (κ3) is 4.20. The molecule has 6 nitrogen and oxygen atoms in total. The average molecular weight is 396 g/mol. The van der Waals surface area contributed by atoms with E-state index >= 15 is 0 Å². The maximum atomic E-state index is 12.3. The molecule has 0 fully saturated rings. The summed E-state index contributed by atoms with van der Waals surface area (Å²) in [5.41, 5.74) is 0.640. The molecule has 1 atom stereocenters. The molecular formula is C18H15Cl2NO5. The highest BCUT2D eigenvalue weighted by atomic mass is 35.5. The molecule has 1 aliphatic heterocycles. The minimum atomic E-state index is -1.03. The van der Waals surface area contributed by atoms with Gasteiger partial charge in [-0.1, -0.05) is 23.2 Å². The second-order valence-electron chi connectivity index (χ2n) is 5.52. The standard InChI is InChI=1S/C18H15Cl2NO5/c1-10(17(22)21-14-4-3-12(19)9-13(14)20)26-18(23)11-2-5-15-16(8-11)25-7-6-24-15/h2-5,8-10H,6-7H2,1H3,(H,21,22)/t10-/m0/s1. The number of halogens is 2. The Hall–Kier alpha value is -2.44. The third-order valence-corrected chi connectivity index (χ3v) is 4.17. The third-order valence-electron chi connectivity index (χ3n) is 3.62. The number of fused-ring (bicyclic) bond motifs is 1. The monoisotopic (exact) mass is 395 g/mol. The first-order valence-electron chi connectivity index (χ1n) is 7.80. The van der Waals surface area contributed by atoms with Gasteiger partial charge in [-0.25, -0.2) is 4.79 Å². The molecule has 0 saturated carbocycles. The van der Waals surface area contributed by atoms with Crippen molar-refractivity contribution < 1.29 is 23.8 Å². The minimum Gasteiger partial charge on any atom is -0.486 e. The van der Waals surface area contributed by atoms with Gasteiger partial charge in [-0.05, 0) is 43.3 Å². The molecule has 3 rings (SSSR count). The van der Waals surface area contributed by atoms with Crippen molar-refractivity contribution in [2.24, 2.45) is 0 Å². The van der Waals surface area contributed by atoms with Crippen LogP contribution in [0.4, 0.5) is 5.69 Å². The van der Waals surface area contributed by atoms with Crippen molar-refractivity contribution in [2.45, 2.75) is 13.0 Å². The molecule has 0 spiro atoms. The van der Waals surface area contributed by atoms with Crippen molar-refractivity contribution in [3.8, 4) is 11.5 Å². The Morgan fingerprint density at radius 2 is 1.81 bits per heavy atom. The van der Waals surface area contributed by atoms with Crippen molar-refractivity contribution in [1.29, 1.82) is 0 Å². The molecule has 1 aliphatic rings. The topological polar surface area (TPSA) is 73.9 Å². The van der Waals surface area contributed by atoms with Crippen LogP contribution in [0.2, 0.25) is 10.0 Å². The number of anilines is 1. The lowest BCUT2D eigenvalue weighted by molar-refractivity contribution is -0.123. The molecule has 0 aromatic heterocycles. The quantitative estimate of drug-likeness (QED) is 0.793. The molecule has 1 N–H and O–H groups in total. The summed E-state index contributed by atoms with van der Waals surface area (Å²) in [5.74, 6) is -0.126. The van der Waals surface area contributed by atoms with Crippen LogP contribution in [0.1, 0.15) is 17.3 Å². The first kappa shape index (κ1) is 18.4. The molecule has 0 saturated heterocycles. The summed E-state index contributed by atoms with van der Waals surface area (Å²) in [6.07, 6.45) is -1.03. The number of ether oxygens (including phenoxy) is 3. The first-order chi connectivity index (χ1) is 12.4. The van der Waals surface area contributed by atoms with Crippen LogP contribution in [0.3, 0.4) is 0 Å². The van der Waals surface area contributed by atoms with E-state index in [-0.39, 0.29) is 10.6 Å². The number of carbonyl (C=O) groups is 2. The lowest BCUT2D eigenvalue weighted by atomic mass is 10.2. The SMILES string of the molecule is C[C@H](OC(=O)c1ccc2c(c1)OCCO2)C(=O)Nc1ccc(Cl)cc1Cl. The van der Waals surface area contributed by atoms with E-state index in [0.29, 0.717) is 35.4 Å². The van der Waals surface area contributed by atoms with E-state index in [1.165, 1.54) is 19.1 Å². The fourth-order valence-electron chi connectivity index (χ4n) is 2.28. The van der Waals surface area contributed by atoms with Crippen molar-refractivity contribution in [3.05, 3.63) is 52.0 Å². The second-order valence-corrected chi connectivity index (χ2v) is 6.36. The van der Waals surface area contributed by atoms with Gasteiger partial charge in [0, 0.05) is 5.02 Å². The van der Waals surface area contributed by atoms with E-state index in [1.807, 2.05) is 0 Å². The molecule has 0 unspecified atom stereocenters. The largest absolute Gasteiger partial charge is 0.486 e. The first-order valence-corrected chi connectivity index (χ1v) is 8.56. The van der Waals surface area contributed by atoms with Crippen LogP contribution in [-0.2, 0) is 9.53 Å². The Morgan fingerprint density at radius 3 is 2.54 bits per heavy atom. The van der Waals surface area contributed by atoms with Crippen LogP contribution < -0.4 is 14.8 Å². The highest BCUT2D eigenvalue weighted by molar-refractivity contribution is 6.36. The maximum absolute atomic E-state index is 12.3. The summed E-state index contributed by atoms with van der Waals surface area (Å²) in [7, 11) is 0. The Labute approximate surface area is 159 Å². The van der Waals surface area contributed by atoms with Gasteiger partial charge in [0.25, 0.3) is 5.91 Å². The normalized spacial score (nSPS) is 13.7. The van der Waals surface area contributed by atoms with Crippen LogP contribution in [0.5, 0.6) is 11.5 Å². The predicted molar refractivity (Wildman–Crippen MR) is 97.4 cm³/mol. The molecule has 8 heteroatoms. The number of amides is 1. The summed E-state index contributed by atoms with van der Waals surface area (Å²) >= 11 is 11.8. The highest BCUT2D eigenvalue weighted by Gasteiger charge is 2.21. The molecule has 0 bridgehead atoms. The van der Waals surface area contributed by atoms with Crippen LogP contribution in [0.15, 0.2) is 36.4 Å². The molecule has 136 valence electrons. The maximum Gasteiger partial charge on any atom is 0.339 e. The summed E-state index contributed by atoms with van der Waals surface area (Å²) in [4.78, 5) is 24.5. The Balaban J connectivity index is 1.64. The molecular weight excluding hydrogens is 381 g/mol. The van der Waals surface area contributed by atoms with Crippen molar-refractivity contribution in [2.75, 3.05) is 18.5 Å². The zero-order valence-corrected chi connectivity index (χ0v) is 15.3. The molecule has 2 aromatic carbocycles. The van der Waals surface area contributed by atoms with Crippen molar-refractivity contribution in [3.63, 3.8) is 0 Å². The van der Waals surface area contributed by atoms with E-state index in [4.69, 9.17) is 37.4 Å². The summed E-state index contributed by atoms with van der Waals surface area (Å²) in [5, 5.41) is 3.33. The molecule has 0 radical (unpaired) electrons. The van der Waals surface area contributed by atoms with Crippen LogP contribution in [0.25, 0.3) is 0 Å². The Bertz CT molecular complexity index is 855.